The number of alkyl carbamates (subject to hydrolysis) is 1. The fourth-order valence-electron chi connectivity index (χ4n) is 6.28. The van der Waals surface area contributed by atoms with Crippen molar-refractivity contribution in [2.45, 2.75) is 69.6 Å². The Balaban J connectivity index is 1.86. The summed E-state index contributed by atoms with van der Waals surface area (Å²) in [5.41, 5.74) is -0.526. The highest BCUT2D eigenvalue weighted by molar-refractivity contribution is 6.35. The minimum absolute atomic E-state index is 0.00618. The number of hydrogen-bond acceptors (Lipinski definition) is 6. The lowest BCUT2D eigenvalue weighted by molar-refractivity contribution is -0.134. The molecule has 1 saturated heterocycles. The summed E-state index contributed by atoms with van der Waals surface area (Å²) in [6.45, 7) is 7.22. The zero-order valence-electron chi connectivity index (χ0n) is 23.7. The number of imide groups is 1. The number of halogens is 3. The van der Waals surface area contributed by atoms with Gasteiger partial charge in [0, 0.05) is 34.1 Å². The van der Waals surface area contributed by atoms with E-state index in [0.717, 1.165) is 16.0 Å². The molecule has 1 aliphatic carbocycles. The van der Waals surface area contributed by atoms with E-state index in [1.54, 1.807) is 52.0 Å². The van der Waals surface area contributed by atoms with Crippen LogP contribution in [-0.2, 0) is 19.0 Å². The van der Waals surface area contributed by atoms with Crippen molar-refractivity contribution < 1.29 is 28.6 Å². The van der Waals surface area contributed by atoms with Gasteiger partial charge in [-0.25, -0.2) is 14.5 Å². The third-order valence-electron chi connectivity index (χ3n) is 7.82. The second-order valence-corrected chi connectivity index (χ2v) is 12.8. The average Bonchev–Trinajstić information content (AvgIpc) is 3.09. The number of benzene rings is 2. The fourth-order valence-corrected chi connectivity index (χ4v) is 6.95. The molecule has 8 nitrogen and oxygen atoms in total. The number of rotatable bonds is 6. The van der Waals surface area contributed by atoms with Gasteiger partial charge in [0.15, 0.2) is 0 Å². The number of likely N-dealkylation sites (tertiary alicyclic amines) is 1. The van der Waals surface area contributed by atoms with Crippen LogP contribution in [0.5, 0.6) is 0 Å². The van der Waals surface area contributed by atoms with Crippen molar-refractivity contribution in [2.75, 3.05) is 20.3 Å². The highest BCUT2D eigenvalue weighted by Gasteiger charge is 2.66. The highest BCUT2D eigenvalue weighted by Crippen LogP contribution is 2.57. The van der Waals surface area contributed by atoms with Gasteiger partial charge in [0.2, 0.25) is 0 Å². The van der Waals surface area contributed by atoms with E-state index in [9.17, 15) is 14.4 Å². The van der Waals surface area contributed by atoms with E-state index in [4.69, 9.17) is 49.0 Å². The number of hydrogen-bond donors (Lipinski definition) is 1. The van der Waals surface area contributed by atoms with Gasteiger partial charge in [-0.1, -0.05) is 53.0 Å². The molecule has 5 atom stereocenters. The number of fused-ring (bicyclic) bond motifs is 1. The van der Waals surface area contributed by atoms with E-state index in [0.29, 0.717) is 21.5 Å². The van der Waals surface area contributed by atoms with Crippen molar-refractivity contribution in [3.8, 4) is 0 Å². The van der Waals surface area contributed by atoms with Crippen molar-refractivity contribution in [1.29, 1.82) is 0 Å². The summed E-state index contributed by atoms with van der Waals surface area (Å²) < 4.78 is 16.0. The Kier molecular flexibility index (Phi) is 9.48. The molecular formula is C30H35Cl3N2O6. The first-order chi connectivity index (χ1) is 19.3. The molecular weight excluding hydrogens is 591 g/mol. The van der Waals surface area contributed by atoms with Crippen LogP contribution < -0.4 is 5.32 Å². The maximum Gasteiger partial charge on any atom is 0.417 e. The molecule has 2 aromatic carbocycles. The third kappa shape index (κ3) is 6.46. The molecule has 0 aromatic heterocycles. The second kappa shape index (κ2) is 12.4. The summed E-state index contributed by atoms with van der Waals surface area (Å²) in [6, 6.07) is 12.1. The second-order valence-electron chi connectivity index (χ2n) is 11.5. The SMILES string of the molecule is COCCOC(=O)N[C@@]12CC[C@@H](c3ccc(Cl)cc3Cl)[C@H](c3ccc(Cl)cc3)[C@@H]1[C@@H](C)N(C(=O)OC(C)(C)C)C2=O. The molecule has 0 bridgehead atoms. The van der Waals surface area contributed by atoms with Gasteiger partial charge in [0.25, 0.3) is 5.91 Å². The standard InChI is InChI=1S/C30H35Cl3N2O6/c1-17-25-24(18-6-8-19(31)9-7-18)22(21-11-10-20(32)16-23(21)33)12-13-30(25,34-27(37)40-15-14-39-5)26(36)35(17)28(38)41-29(2,3)4/h6-11,16-17,22,24-25H,12-15H2,1-5H3,(H,34,37)/t17-,22+,24+,25+,30+/m1/s1. The van der Waals surface area contributed by atoms with E-state index in [2.05, 4.69) is 5.32 Å². The Bertz CT molecular complexity index is 1300. The van der Waals surface area contributed by atoms with Crippen LogP contribution in [0.25, 0.3) is 0 Å². The van der Waals surface area contributed by atoms with E-state index >= 15 is 0 Å². The van der Waals surface area contributed by atoms with E-state index in [-0.39, 0.29) is 31.5 Å². The van der Waals surface area contributed by atoms with Gasteiger partial charge in [-0.2, -0.15) is 0 Å². The molecule has 2 fully saturated rings. The lowest BCUT2D eigenvalue weighted by Crippen LogP contribution is -2.61. The molecule has 41 heavy (non-hydrogen) atoms. The minimum Gasteiger partial charge on any atom is -0.447 e. The predicted molar refractivity (Wildman–Crippen MR) is 158 cm³/mol. The van der Waals surface area contributed by atoms with Gasteiger partial charge in [-0.15, -0.1) is 0 Å². The number of carbonyl (C=O) groups excluding carboxylic acids is 3. The van der Waals surface area contributed by atoms with E-state index in [1.807, 2.05) is 18.2 Å². The van der Waals surface area contributed by atoms with Crippen molar-refractivity contribution in [3.05, 3.63) is 68.7 Å². The van der Waals surface area contributed by atoms with E-state index < -0.39 is 41.2 Å². The molecule has 11 heteroatoms. The normalized spacial score (nSPS) is 26.0. The van der Waals surface area contributed by atoms with Gasteiger partial charge in [-0.05, 0) is 87.8 Å². The van der Waals surface area contributed by atoms with Crippen molar-refractivity contribution in [1.82, 2.24) is 10.2 Å². The van der Waals surface area contributed by atoms with Crippen LogP contribution in [-0.4, -0.2) is 60.5 Å². The third-order valence-corrected chi connectivity index (χ3v) is 8.63. The summed E-state index contributed by atoms with van der Waals surface area (Å²) >= 11 is 19.2. The number of ether oxygens (including phenoxy) is 3. The van der Waals surface area contributed by atoms with Crippen molar-refractivity contribution in [3.63, 3.8) is 0 Å². The van der Waals surface area contributed by atoms with Crippen LogP contribution in [0.15, 0.2) is 42.5 Å². The lowest BCUT2D eigenvalue weighted by atomic mass is 9.58. The number of nitrogens with zero attached hydrogens (tertiary/aromatic N) is 1. The van der Waals surface area contributed by atoms with Gasteiger partial charge in [0.05, 0.1) is 6.61 Å². The molecule has 0 spiro atoms. The van der Waals surface area contributed by atoms with Crippen LogP contribution in [0.1, 0.15) is 63.5 Å². The Morgan fingerprint density at radius 3 is 2.32 bits per heavy atom. The summed E-state index contributed by atoms with van der Waals surface area (Å²) in [5.74, 6) is -1.62. The summed E-state index contributed by atoms with van der Waals surface area (Å²) in [6.07, 6.45) is -0.817. The smallest absolute Gasteiger partial charge is 0.417 e. The molecule has 1 saturated carbocycles. The topological polar surface area (TPSA) is 94.2 Å². The van der Waals surface area contributed by atoms with Crippen LogP contribution >= 0.6 is 34.8 Å². The molecule has 2 aromatic rings. The molecule has 1 heterocycles. The number of amides is 3. The highest BCUT2D eigenvalue weighted by atomic mass is 35.5. The lowest BCUT2D eigenvalue weighted by Gasteiger charge is -2.47. The first-order valence-electron chi connectivity index (χ1n) is 13.5. The summed E-state index contributed by atoms with van der Waals surface area (Å²) in [7, 11) is 1.50. The zero-order chi connectivity index (χ0) is 30.1. The number of carbonyl (C=O) groups is 3. The van der Waals surface area contributed by atoms with Crippen LogP contribution in [0.2, 0.25) is 15.1 Å². The van der Waals surface area contributed by atoms with Gasteiger partial charge in [0.1, 0.15) is 17.7 Å². The first kappa shape index (κ1) is 31.4. The Morgan fingerprint density at radius 2 is 1.71 bits per heavy atom. The van der Waals surface area contributed by atoms with Gasteiger partial charge in [-0.3, -0.25) is 4.79 Å². The van der Waals surface area contributed by atoms with Gasteiger partial charge >= 0.3 is 12.2 Å². The Morgan fingerprint density at radius 1 is 1.05 bits per heavy atom. The van der Waals surface area contributed by atoms with Crippen LogP contribution in [0.3, 0.4) is 0 Å². The minimum atomic E-state index is -1.44. The monoisotopic (exact) mass is 624 g/mol. The molecule has 222 valence electrons. The molecule has 2 aliphatic rings. The molecule has 4 rings (SSSR count). The zero-order valence-corrected chi connectivity index (χ0v) is 26.0. The predicted octanol–water partition coefficient (Wildman–Crippen LogP) is 7.20. The molecule has 0 unspecified atom stereocenters. The Hall–Kier alpha value is -2.52. The fraction of sp³-hybridized carbons (Fsp3) is 0.500. The van der Waals surface area contributed by atoms with Gasteiger partial charge < -0.3 is 19.5 Å². The molecule has 3 amide bonds. The molecule has 1 N–H and O–H groups in total. The number of methoxy groups -OCH3 is 1. The van der Waals surface area contributed by atoms with E-state index in [1.165, 1.54) is 7.11 Å². The van der Waals surface area contributed by atoms with Crippen molar-refractivity contribution in [2.24, 2.45) is 5.92 Å². The summed E-state index contributed by atoms with van der Waals surface area (Å²) in [4.78, 5) is 42.0. The maximum absolute atomic E-state index is 14.3. The first-order valence-corrected chi connectivity index (χ1v) is 14.6. The molecule has 1 aliphatic heterocycles. The maximum atomic E-state index is 14.3. The quantitative estimate of drug-likeness (QED) is 0.341. The Labute approximate surface area is 255 Å². The largest absolute Gasteiger partial charge is 0.447 e. The number of nitrogens with one attached hydrogen (secondary N) is 1. The summed E-state index contributed by atoms with van der Waals surface area (Å²) in [5, 5.41) is 4.46. The average molecular weight is 626 g/mol. The molecule has 0 radical (unpaired) electrons. The van der Waals surface area contributed by atoms with Crippen LogP contribution in [0.4, 0.5) is 9.59 Å². The van der Waals surface area contributed by atoms with Crippen LogP contribution in [0, 0.1) is 5.92 Å². The van der Waals surface area contributed by atoms with Crippen molar-refractivity contribution >= 4 is 52.9 Å².